The van der Waals surface area contributed by atoms with E-state index in [0.717, 1.165) is 25.9 Å². The van der Waals surface area contributed by atoms with Crippen LogP contribution in [0.15, 0.2) is 26.7 Å². The van der Waals surface area contributed by atoms with Gasteiger partial charge in [0.25, 0.3) is 10.9 Å². The van der Waals surface area contributed by atoms with Crippen LogP contribution in [0.3, 0.4) is 0 Å². The van der Waals surface area contributed by atoms with E-state index in [1.807, 2.05) is 0 Å². The summed E-state index contributed by atoms with van der Waals surface area (Å²) < 4.78 is 33.0. The van der Waals surface area contributed by atoms with Crippen LogP contribution in [0.25, 0.3) is 0 Å². The van der Waals surface area contributed by atoms with Crippen molar-refractivity contribution in [3.05, 3.63) is 39.8 Å². The standard InChI is InChI=1S/C13H12F2N4O3S/c14-9-5-8(19(20)21)6-10(15)12(9)23-13-17-16-11(22-13)7-18-3-1-2-4-18/h5-6H,1-4,7H2. The molecule has 1 aromatic carbocycles. The summed E-state index contributed by atoms with van der Waals surface area (Å²) in [5.74, 6) is -1.71. The lowest BCUT2D eigenvalue weighted by Gasteiger charge is -2.10. The van der Waals surface area contributed by atoms with Gasteiger partial charge < -0.3 is 4.42 Å². The van der Waals surface area contributed by atoms with Gasteiger partial charge in [0, 0.05) is 0 Å². The van der Waals surface area contributed by atoms with Crippen molar-refractivity contribution in [3.63, 3.8) is 0 Å². The van der Waals surface area contributed by atoms with E-state index >= 15 is 0 Å². The summed E-state index contributed by atoms with van der Waals surface area (Å²) in [5, 5.41) is 18.1. The van der Waals surface area contributed by atoms with Crippen molar-refractivity contribution < 1.29 is 18.1 Å². The quantitative estimate of drug-likeness (QED) is 0.610. The van der Waals surface area contributed by atoms with E-state index in [4.69, 9.17) is 4.42 Å². The molecule has 7 nitrogen and oxygen atoms in total. The molecular weight excluding hydrogens is 330 g/mol. The van der Waals surface area contributed by atoms with Gasteiger partial charge in [0.2, 0.25) is 5.89 Å². The van der Waals surface area contributed by atoms with Crippen molar-refractivity contribution in [1.82, 2.24) is 15.1 Å². The van der Waals surface area contributed by atoms with Crippen LogP contribution in [0.2, 0.25) is 0 Å². The molecule has 1 aliphatic rings. The lowest BCUT2D eigenvalue weighted by molar-refractivity contribution is -0.385. The Kier molecular flexibility index (Phi) is 4.53. The molecule has 122 valence electrons. The third-order valence-electron chi connectivity index (χ3n) is 3.39. The smallest absolute Gasteiger partial charge is 0.281 e. The first-order valence-corrected chi connectivity index (χ1v) is 7.70. The molecule has 2 heterocycles. The van der Waals surface area contributed by atoms with Crippen LogP contribution in [0.5, 0.6) is 0 Å². The molecule has 10 heteroatoms. The summed E-state index contributed by atoms with van der Waals surface area (Å²) in [6.45, 7) is 2.41. The Hall–Kier alpha value is -2.07. The minimum absolute atomic E-state index is 0.00847. The molecule has 0 unspecified atom stereocenters. The zero-order valence-electron chi connectivity index (χ0n) is 11.9. The topological polar surface area (TPSA) is 85.3 Å². The van der Waals surface area contributed by atoms with Gasteiger partial charge in [-0.3, -0.25) is 15.0 Å². The normalized spacial score (nSPS) is 15.2. The third-order valence-corrected chi connectivity index (χ3v) is 4.32. The summed E-state index contributed by atoms with van der Waals surface area (Å²) in [6.07, 6.45) is 2.24. The molecule has 0 amide bonds. The number of rotatable bonds is 5. The van der Waals surface area contributed by atoms with Crippen molar-refractivity contribution in [2.45, 2.75) is 29.5 Å². The Morgan fingerprint density at radius 3 is 2.52 bits per heavy atom. The maximum absolute atomic E-state index is 13.8. The van der Waals surface area contributed by atoms with Crippen LogP contribution in [0.1, 0.15) is 18.7 Å². The number of likely N-dealkylation sites (tertiary alicyclic amines) is 1. The number of benzene rings is 1. The van der Waals surface area contributed by atoms with E-state index in [0.29, 0.717) is 36.3 Å². The predicted molar refractivity (Wildman–Crippen MR) is 75.9 cm³/mol. The lowest BCUT2D eigenvalue weighted by Crippen LogP contribution is -2.18. The van der Waals surface area contributed by atoms with Gasteiger partial charge in [-0.1, -0.05) is 0 Å². The largest absolute Gasteiger partial charge is 0.414 e. The van der Waals surface area contributed by atoms with Crippen molar-refractivity contribution in [1.29, 1.82) is 0 Å². The van der Waals surface area contributed by atoms with Crippen LogP contribution < -0.4 is 0 Å². The molecule has 0 N–H and O–H groups in total. The molecule has 0 bridgehead atoms. The lowest BCUT2D eigenvalue weighted by atomic mass is 10.3. The molecule has 1 aliphatic heterocycles. The van der Waals surface area contributed by atoms with E-state index in [1.54, 1.807) is 0 Å². The molecule has 2 aromatic rings. The van der Waals surface area contributed by atoms with E-state index in [1.165, 1.54) is 0 Å². The Morgan fingerprint density at radius 2 is 1.91 bits per heavy atom. The fourth-order valence-electron chi connectivity index (χ4n) is 2.31. The van der Waals surface area contributed by atoms with E-state index < -0.39 is 27.1 Å². The van der Waals surface area contributed by atoms with Gasteiger partial charge in [0.05, 0.1) is 28.5 Å². The van der Waals surface area contributed by atoms with E-state index in [-0.39, 0.29) is 5.22 Å². The number of nitro benzene ring substituents is 1. The summed E-state index contributed by atoms with van der Waals surface area (Å²) in [7, 11) is 0. The van der Waals surface area contributed by atoms with Crippen LogP contribution in [0, 0.1) is 21.7 Å². The molecule has 1 saturated heterocycles. The molecule has 1 aromatic heterocycles. The zero-order valence-corrected chi connectivity index (χ0v) is 12.7. The molecule has 0 aliphatic carbocycles. The molecule has 0 atom stereocenters. The Labute approximate surface area is 133 Å². The minimum atomic E-state index is -1.04. The highest BCUT2D eigenvalue weighted by molar-refractivity contribution is 7.99. The first kappa shape index (κ1) is 15.8. The van der Waals surface area contributed by atoms with Gasteiger partial charge in [-0.05, 0) is 37.7 Å². The predicted octanol–water partition coefficient (Wildman–Crippen LogP) is 3.00. The summed E-state index contributed by atoms with van der Waals surface area (Å²) in [4.78, 5) is 11.4. The molecule has 3 rings (SSSR count). The van der Waals surface area contributed by atoms with E-state index in [9.17, 15) is 18.9 Å². The number of hydrogen-bond donors (Lipinski definition) is 0. The Bertz CT molecular complexity index is 711. The molecule has 0 saturated carbocycles. The van der Waals surface area contributed by atoms with Crippen molar-refractivity contribution in [3.8, 4) is 0 Å². The van der Waals surface area contributed by atoms with Crippen LogP contribution in [0.4, 0.5) is 14.5 Å². The highest BCUT2D eigenvalue weighted by Crippen LogP contribution is 2.33. The van der Waals surface area contributed by atoms with Crippen LogP contribution >= 0.6 is 11.8 Å². The van der Waals surface area contributed by atoms with E-state index in [2.05, 4.69) is 15.1 Å². The first-order chi connectivity index (χ1) is 11.0. The van der Waals surface area contributed by atoms with Gasteiger partial charge in [-0.15, -0.1) is 10.2 Å². The Balaban J connectivity index is 1.74. The minimum Gasteiger partial charge on any atom is -0.414 e. The molecule has 23 heavy (non-hydrogen) atoms. The third kappa shape index (κ3) is 3.64. The fraction of sp³-hybridized carbons (Fsp3) is 0.385. The number of halogens is 2. The van der Waals surface area contributed by atoms with Crippen molar-refractivity contribution >= 4 is 17.4 Å². The fourth-order valence-corrected chi connectivity index (χ4v) is 3.02. The maximum Gasteiger partial charge on any atom is 0.281 e. The summed E-state index contributed by atoms with van der Waals surface area (Å²) in [5.41, 5.74) is -0.649. The van der Waals surface area contributed by atoms with Gasteiger partial charge in [0.1, 0.15) is 11.6 Å². The second-order valence-electron chi connectivity index (χ2n) is 5.04. The number of hydrogen-bond acceptors (Lipinski definition) is 7. The van der Waals surface area contributed by atoms with Crippen LogP contribution in [-0.4, -0.2) is 33.1 Å². The second kappa shape index (κ2) is 6.59. The van der Waals surface area contributed by atoms with Crippen LogP contribution in [-0.2, 0) is 6.54 Å². The Morgan fingerprint density at radius 1 is 1.26 bits per heavy atom. The number of aromatic nitrogens is 2. The highest BCUT2D eigenvalue weighted by atomic mass is 32.2. The van der Waals surface area contributed by atoms with Gasteiger partial charge in [-0.2, -0.15) is 0 Å². The molecular formula is C13H12F2N4O3S. The summed E-state index contributed by atoms with van der Waals surface area (Å²) in [6, 6.07) is 1.32. The van der Waals surface area contributed by atoms with Gasteiger partial charge in [-0.25, -0.2) is 8.78 Å². The number of nitro groups is 1. The molecule has 0 spiro atoms. The monoisotopic (exact) mass is 342 g/mol. The molecule has 1 fully saturated rings. The maximum atomic E-state index is 13.8. The van der Waals surface area contributed by atoms with Crippen molar-refractivity contribution in [2.75, 3.05) is 13.1 Å². The zero-order chi connectivity index (χ0) is 16.4. The van der Waals surface area contributed by atoms with Gasteiger partial charge in [0.15, 0.2) is 0 Å². The highest BCUT2D eigenvalue weighted by Gasteiger charge is 2.21. The van der Waals surface area contributed by atoms with Crippen molar-refractivity contribution in [2.24, 2.45) is 0 Å². The summed E-state index contributed by atoms with van der Waals surface area (Å²) >= 11 is 0.609. The molecule has 0 radical (unpaired) electrons. The second-order valence-corrected chi connectivity index (χ2v) is 6.00. The average molecular weight is 342 g/mol. The average Bonchev–Trinajstić information content (AvgIpc) is 3.15. The number of nitrogens with zero attached hydrogens (tertiary/aromatic N) is 4. The number of non-ortho nitro benzene ring substituents is 1. The first-order valence-electron chi connectivity index (χ1n) is 6.89. The van der Waals surface area contributed by atoms with Gasteiger partial charge >= 0.3 is 0 Å². The SMILES string of the molecule is O=[N+]([O-])c1cc(F)c(Sc2nnc(CN3CCCC3)o2)c(F)c1.